The van der Waals surface area contributed by atoms with Gasteiger partial charge >= 0.3 is 6.03 Å². The Labute approximate surface area is 99.8 Å². The van der Waals surface area contributed by atoms with Gasteiger partial charge in [0.15, 0.2) is 0 Å². The van der Waals surface area contributed by atoms with Crippen LogP contribution >= 0.6 is 0 Å². The molecule has 0 aromatic heterocycles. The Kier molecular flexibility index (Phi) is 3.26. The number of urea groups is 1. The highest BCUT2D eigenvalue weighted by Gasteiger charge is 2.40. The number of hydrogen-bond acceptors (Lipinski definition) is 3. The van der Waals surface area contributed by atoms with E-state index in [-0.39, 0.29) is 5.91 Å². The molecule has 0 radical (unpaired) electrons. The third kappa shape index (κ3) is 2.09. The lowest BCUT2D eigenvalue weighted by atomic mass is 9.98. The summed E-state index contributed by atoms with van der Waals surface area (Å²) in [5, 5.41) is 2.24. The van der Waals surface area contributed by atoms with Gasteiger partial charge in [-0.2, -0.15) is 0 Å². The predicted molar refractivity (Wildman–Crippen MR) is 60.7 cm³/mol. The predicted octanol–water partition coefficient (Wildman–Crippen LogP) is 1.55. The molecule has 0 saturated carbocycles. The van der Waals surface area contributed by atoms with Crippen molar-refractivity contribution in [3.8, 4) is 0 Å². The van der Waals surface area contributed by atoms with E-state index in [0.29, 0.717) is 6.42 Å². The molecule has 1 saturated heterocycles. The van der Waals surface area contributed by atoms with Gasteiger partial charge in [-0.15, -0.1) is 0 Å². The molecule has 1 heterocycles. The molecule has 0 spiro atoms. The lowest BCUT2D eigenvalue weighted by molar-refractivity contribution is -0.141. The summed E-state index contributed by atoms with van der Waals surface area (Å²) in [5.74, 6) is -1.58. The van der Waals surface area contributed by atoms with Crippen LogP contribution in [0.4, 0.5) is 4.79 Å². The van der Waals surface area contributed by atoms with Crippen molar-refractivity contribution in [3.63, 3.8) is 0 Å². The first-order valence-corrected chi connectivity index (χ1v) is 6.03. The lowest BCUT2D eigenvalue weighted by Crippen LogP contribution is -2.57. The Balaban J connectivity index is 2.26. The van der Waals surface area contributed by atoms with Crippen LogP contribution in [0.25, 0.3) is 0 Å². The fourth-order valence-electron chi connectivity index (χ4n) is 2.27. The molecule has 17 heavy (non-hydrogen) atoms. The van der Waals surface area contributed by atoms with E-state index in [4.69, 9.17) is 0 Å². The number of nitrogens with zero attached hydrogens (tertiary/aromatic N) is 1. The van der Waals surface area contributed by atoms with Gasteiger partial charge in [-0.1, -0.05) is 13.0 Å². The van der Waals surface area contributed by atoms with Gasteiger partial charge in [0.25, 0.3) is 0 Å². The Bertz CT molecular complexity index is 401. The topological polar surface area (TPSA) is 66.5 Å². The van der Waals surface area contributed by atoms with Crippen LogP contribution in [0.2, 0.25) is 0 Å². The number of carbonyl (C=O) groups excluding carboxylic acids is 3. The average Bonchev–Trinajstić information content (AvgIpc) is 2.30. The highest BCUT2D eigenvalue weighted by atomic mass is 16.2. The van der Waals surface area contributed by atoms with Crippen LogP contribution in [-0.4, -0.2) is 22.7 Å². The fraction of sp³-hybridized carbons (Fsp3) is 0.583. The second-order valence-corrected chi connectivity index (χ2v) is 4.37. The number of barbiturate groups is 1. The molecule has 1 aliphatic carbocycles. The minimum atomic E-state index is -0.726. The Morgan fingerprint density at radius 1 is 1.35 bits per heavy atom. The largest absolute Gasteiger partial charge is 0.335 e. The van der Waals surface area contributed by atoms with Crippen LogP contribution < -0.4 is 5.32 Å². The Morgan fingerprint density at radius 3 is 2.71 bits per heavy atom. The summed E-state index contributed by atoms with van der Waals surface area (Å²) in [7, 11) is 0. The number of imide groups is 2. The zero-order valence-electron chi connectivity index (χ0n) is 9.86. The summed E-state index contributed by atoms with van der Waals surface area (Å²) in [6, 6.07) is -0.599. The van der Waals surface area contributed by atoms with Crippen LogP contribution in [0.3, 0.4) is 0 Å². The molecule has 1 N–H and O–H groups in total. The van der Waals surface area contributed by atoms with Crippen molar-refractivity contribution in [1.82, 2.24) is 10.2 Å². The first kappa shape index (κ1) is 11.8. The van der Waals surface area contributed by atoms with Gasteiger partial charge in [0.05, 0.1) is 0 Å². The molecule has 1 aliphatic heterocycles. The summed E-state index contributed by atoms with van der Waals surface area (Å²) in [6.07, 6.45) is 6.02. The van der Waals surface area contributed by atoms with E-state index < -0.39 is 17.9 Å². The molecule has 1 unspecified atom stereocenters. The first-order valence-electron chi connectivity index (χ1n) is 6.03. The van der Waals surface area contributed by atoms with Crippen LogP contribution in [0.15, 0.2) is 11.8 Å². The fourth-order valence-corrected chi connectivity index (χ4v) is 2.27. The van der Waals surface area contributed by atoms with Crippen molar-refractivity contribution < 1.29 is 14.4 Å². The van der Waals surface area contributed by atoms with Gasteiger partial charge in [0.2, 0.25) is 11.8 Å². The summed E-state index contributed by atoms with van der Waals surface area (Å²) >= 11 is 0. The molecule has 0 bridgehead atoms. The summed E-state index contributed by atoms with van der Waals surface area (Å²) in [5.41, 5.74) is 0.740. The third-order valence-corrected chi connectivity index (χ3v) is 3.23. The van der Waals surface area contributed by atoms with E-state index >= 15 is 0 Å². The van der Waals surface area contributed by atoms with Crippen molar-refractivity contribution in [3.05, 3.63) is 11.8 Å². The molecule has 4 amide bonds. The van der Waals surface area contributed by atoms with E-state index in [0.717, 1.165) is 36.3 Å². The van der Waals surface area contributed by atoms with Crippen LogP contribution in [0.1, 0.15) is 39.0 Å². The van der Waals surface area contributed by atoms with Crippen molar-refractivity contribution in [2.75, 3.05) is 0 Å². The Hall–Kier alpha value is -1.65. The lowest BCUT2D eigenvalue weighted by Gasteiger charge is -2.32. The van der Waals surface area contributed by atoms with Gasteiger partial charge in [-0.25, -0.2) is 9.69 Å². The van der Waals surface area contributed by atoms with E-state index in [2.05, 4.69) is 5.32 Å². The standard InChI is InChI=1S/C12H16N2O3/c1-2-9-10(15)13-12(17)14(11(9)16)8-6-4-3-5-7-8/h6,9H,2-5,7H2,1H3,(H,13,15,17). The average molecular weight is 236 g/mol. The molecule has 0 aromatic carbocycles. The minimum absolute atomic E-state index is 0.380. The molecule has 92 valence electrons. The molecule has 2 aliphatic rings. The second kappa shape index (κ2) is 4.69. The van der Waals surface area contributed by atoms with Crippen LogP contribution in [0.5, 0.6) is 0 Å². The van der Waals surface area contributed by atoms with Gasteiger partial charge in [0.1, 0.15) is 5.92 Å². The SMILES string of the molecule is CCC1C(=O)NC(=O)N(C2=CCCCC2)C1=O. The molecule has 5 heteroatoms. The van der Waals surface area contributed by atoms with E-state index in [9.17, 15) is 14.4 Å². The number of amides is 4. The van der Waals surface area contributed by atoms with Gasteiger partial charge in [-0.3, -0.25) is 14.9 Å². The number of rotatable bonds is 2. The zero-order valence-corrected chi connectivity index (χ0v) is 9.86. The highest BCUT2D eigenvalue weighted by molar-refractivity contribution is 6.17. The first-order chi connectivity index (χ1) is 8.15. The van der Waals surface area contributed by atoms with Crippen molar-refractivity contribution in [2.45, 2.75) is 39.0 Å². The van der Waals surface area contributed by atoms with Gasteiger partial charge < -0.3 is 0 Å². The van der Waals surface area contributed by atoms with E-state index in [1.807, 2.05) is 6.08 Å². The van der Waals surface area contributed by atoms with Crippen LogP contribution in [0, 0.1) is 5.92 Å². The highest BCUT2D eigenvalue weighted by Crippen LogP contribution is 2.25. The molecule has 2 rings (SSSR count). The van der Waals surface area contributed by atoms with Gasteiger partial charge in [-0.05, 0) is 32.1 Å². The molecule has 0 aromatic rings. The molecular formula is C12H16N2O3. The quantitative estimate of drug-likeness (QED) is 0.740. The monoisotopic (exact) mass is 236 g/mol. The zero-order chi connectivity index (χ0) is 12.4. The molecular weight excluding hydrogens is 220 g/mol. The summed E-state index contributed by atoms with van der Waals surface area (Å²) < 4.78 is 0. The third-order valence-electron chi connectivity index (χ3n) is 3.23. The van der Waals surface area contributed by atoms with Crippen molar-refractivity contribution in [2.24, 2.45) is 5.92 Å². The van der Waals surface area contributed by atoms with Crippen molar-refractivity contribution in [1.29, 1.82) is 0 Å². The molecule has 5 nitrogen and oxygen atoms in total. The smallest absolute Gasteiger partial charge is 0.277 e. The summed E-state index contributed by atoms with van der Waals surface area (Å²) in [6.45, 7) is 1.77. The number of hydrogen-bond donors (Lipinski definition) is 1. The van der Waals surface area contributed by atoms with E-state index in [1.54, 1.807) is 6.92 Å². The number of nitrogens with one attached hydrogen (secondary N) is 1. The normalized spacial score (nSPS) is 25.7. The number of allylic oxidation sites excluding steroid dienone is 2. The number of carbonyl (C=O) groups is 3. The Morgan fingerprint density at radius 2 is 2.12 bits per heavy atom. The van der Waals surface area contributed by atoms with Crippen molar-refractivity contribution >= 4 is 17.8 Å². The maximum atomic E-state index is 12.1. The van der Waals surface area contributed by atoms with Gasteiger partial charge in [0, 0.05) is 5.70 Å². The maximum absolute atomic E-state index is 12.1. The molecule has 1 fully saturated rings. The molecule has 1 atom stereocenters. The van der Waals surface area contributed by atoms with E-state index in [1.165, 1.54) is 0 Å². The minimum Gasteiger partial charge on any atom is -0.277 e. The maximum Gasteiger partial charge on any atom is 0.335 e. The second-order valence-electron chi connectivity index (χ2n) is 4.37. The summed E-state index contributed by atoms with van der Waals surface area (Å²) in [4.78, 5) is 36.4. The van der Waals surface area contributed by atoms with Crippen LogP contribution in [-0.2, 0) is 9.59 Å².